The number of carbonyl (C=O) groups is 1. The lowest BCUT2D eigenvalue weighted by atomic mass is 10.1. The molecule has 3 N–H and O–H groups in total. The number of aromatic nitrogens is 1. The number of phenols is 1. The highest BCUT2D eigenvalue weighted by Crippen LogP contribution is 2.28. The summed E-state index contributed by atoms with van der Waals surface area (Å²) < 4.78 is 0. The molecule has 4 rings (SSSR count). The molecule has 0 spiro atoms. The van der Waals surface area contributed by atoms with Crippen molar-refractivity contribution in [2.45, 2.75) is 0 Å². The number of pyridine rings is 1. The SMILES string of the molecule is O=C(Nc1cc(O)c2ccccc2c1)c1c[nH]c2ccccc2c1=O. The Labute approximate surface area is 142 Å². The van der Waals surface area contributed by atoms with Crippen LogP contribution in [0.2, 0.25) is 0 Å². The summed E-state index contributed by atoms with van der Waals surface area (Å²) in [6, 6.07) is 17.6. The molecular formula is C20H14N2O3. The third-order valence-corrected chi connectivity index (χ3v) is 4.13. The molecule has 0 unspecified atom stereocenters. The van der Waals surface area contributed by atoms with E-state index in [1.54, 1.807) is 30.3 Å². The zero-order valence-corrected chi connectivity index (χ0v) is 13.1. The van der Waals surface area contributed by atoms with Crippen molar-refractivity contribution < 1.29 is 9.90 Å². The first-order valence-electron chi connectivity index (χ1n) is 7.77. The van der Waals surface area contributed by atoms with Crippen LogP contribution in [0.5, 0.6) is 5.75 Å². The van der Waals surface area contributed by atoms with Gasteiger partial charge in [0.05, 0.1) is 0 Å². The number of H-pyrrole nitrogens is 1. The van der Waals surface area contributed by atoms with Gasteiger partial charge < -0.3 is 15.4 Å². The molecule has 0 radical (unpaired) electrons. The van der Waals surface area contributed by atoms with Gasteiger partial charge in [0.2, 0.25) is 5.43 Å². The Bertz CT molecular complexity index is 1180. The topological polar surface area (TPSA) is 82.2 Å². The summed E-state index contributed by atoms with van der Waals surface area (Å²) in [7, 11) is 0. The largest absolute Gasteiger partial charge is 0.507 e. The monoisotopic (exact) mass is 330 g/mol. The number of para-hydroxylation sites is 1. The minimum Gasteiger partial charge on any atom is -0.507 e. The molecular weight excluding hydrogens is 316 g/mol. The van der Waals surface area contributed by atoms with E-state index in [1.165, 1.54) is 12.3 Å². The molecule has 0 fully saturated rings. The zero-order valence-electron chi connectivity index (χ0n) is 13.1. The van der Waals surface area contributed by atoms with Crippen LogP contribution < -0.4 is 10.7 Å². The average Bonchev–Trinajstić information content (AvgIpc) is 2.62. The summed E-state index contributed by atoms with van der Waals surface area (Å²) in [5.74, 6) is -0.456. The normalized spacial score (nSPS) is 10.9. The number of rotatable bonds is 2. The van der Waals surface area contributed by atoms with Crippen molar-refractivity contribution >= 4 is 33.3 Å². The molecule has 5 nitrogen and oxygen atoms in total. The molecule has 1 amide bonds. The Morgan fingerprint density at radius 2 is 1.68 bits per heavy atom. The molecule has 4 aromatic rings. The minimum absolute atomic E-state index is 0.0198. The molecule has 3 aromatic carbocycles. The lowest BCUT2D eigenvalue weighted by molar-refractivity contribution is 0.102. The predicted molar refractivity (Wildman–Crippen MR) is 98.1 cm³/mol. The van der Waals surface area contributed by atoms with Gasteiger partial charge >= 0.3 is 0 Å². The second kappa shape index (κ2) is 5.79. The Morgan fingerprint density at radius 1 is 0.960 bits per heavy atom. The van der Waals surface area contributed by atoms with Gasteiger partial charge in [0.25, 0.3) is 5.91 Å². The molecule has 0 bridgehead atoms. The number of aromatic amines is 1. The van der Waals surface area contributed by atoms with Gasteiger partial charge in [-0.25, -0.2) is 0 Å². The Hall–Kier alpha value is -3.60. The number of anilines is 1. The molecule has 0 saturated carbocycles. The maximum Gasteiger partial charge on any atom is 0.261 e. The van der Waals surface area contributed by atoms with Crippen molar-refractivity contribution in [2.24, 2.45) is 0 Å². The van der Waals surface area contributed by atoms with Crippen LogP contribution in [0, 0.1) is 0 Å². The van der Waals surface area contributed by atoms with E-state index in [1.807, 2.05) is 24.3 Å². The molecule has 0 aliphatic carbocycles. The third kappa shape index (κ3) is 2.61. The maximum atomic E-state index is 12.5. The van der Waals surface area contributed by atoms with Gasteiger partial charge in [0, 0.05) is 34.2 Å². The van der Waals surface area contributed by atoms with Crippen molar-refractivity contribution in [1.82, 2.24) is 4.98 Å². The zero-order chi connectivity index (χ0) is 17.4. The van der Waals surface area contributed by atoms with Crippen LogP contribution in [-0.2, 0) is 0 Å². The lowest BCUT2D eigenvalue weighted by Gasteiger charge is -2.08. The number of carbonyl (C=O) groups excluding carboxylic acids is 1. The smallest absolute Gasteiger partial charge is 0.261 e. The van der Waals surface area contributed by atoms with E-state index >= 15 is 0 Å². The van der Waals surface area contributed by atoms with Gasteiger partial charge in [-0.05, 0) is 23.6 Å². The fraction of sp³-hybridized carbons (Fsp3) is 0. The predicted octanol–water partition coefficient (Wildman–Crippen LogP) is 3.64. The van der Waals surface area contributed by atoms with E-state index < -0.39 is 5.91 Å². The number of nitrogens with one attached hydrogen (secondary N) is 2. The van der Waals surface area contributed by atoms with Crippen LogP contribution in [0.3, 0.4) is 0 Å². The van der Waals surface area contributed by atoms with Crippen molar-refractivity contribution in [2.75, 3.05) is 5.32 Å². The first kappa shape index (κ1) is 15.0. The Kier molecular flexibility index (Phi) is 3.47. The first-order valence-corrected chi connectivity index (χ1v) is 7.77. The van der Waals surface area contributed by atoms with E-state index in [0.29, 0.717) is 22.0 Å². The highest BCUT2D eigenvalue weighted by molar-refractivity contribution is 6.07. The van der Waals surface area contributed by atoms with Gasteiger partial charge in [-0.3, -0.25) is 9.59 Å². The molecule has 5 heteroatoms. The van der Waals surface area contributed by atoms with Crippen LogP contribution >= 0.6 is 0 Å². The quantitative estimate of drug-likeness (QED) is 0.525. The Balaban J connectivity index is 1.73. The molecule has 122 valence electrons. The van der Waals surface area contributed by atoms with E-state index in [4.69, 9.17) is 0 Å². The Morgan fingerprint density at radius 3 is 2.52 bits per heavy atom. The number of benzene rings is 3. The van der Waals surface area contributed by atoms with Gasteiger partial charge in [-0.2, -0.15) is 0 Å². The molecule has 1 heterocycles. The molecule has 0 atom stereocenters. The third-order valence-electron chi connectivity index (χ3n) is 4.13. The molecule has 0 aliphatic heterocycles. The molecule has 1 aromatic heterocycles. The van der Waals surface area contributed by atoms with E-state index in [9.17, 15) is 14.7 Å². The molecule has 0 saturated heterocycles. The maximum absolute atomic E-state index is 12.5. The minimum atomic E-state index is -0.526. The number of aromatic hydroxyl groups is 1. The standard InChI is InChI=1S/C20H14N2O3/c23-18-10-13(9-12-5-1-2-6-14(12)18)22-20(25)16-11-21-17-8-4-3-7-15(17)19(16)24/h1-11,23H,(H,21,24)(H,22,25). The van der Waals surface area contributed by atoms with Gasteiger partial charge in [0.15, 0.2) is 0 Å². The van der Waals surface area contributed by atoms with Crippen LogP contribution in [0.1, 0.15) is 10.4 Å². The van der Waals surface area contributed by atoms with E-state index in [2.05, 4.69) is 10.3 Å². The summed E-state index contributed by atoms with van der Waals surface area (Å²) in [4.78, 5) is 28.0. The van der Waals surface area contributed by atoms with E-state index in [0.717, 1.165) is 5.39 Å². The summed E-state index contributed by atoms with van der Waals surface area (Å²) in [5.41, 5.74) is 0.782. The molecule has 0 aliphatic rings. The van der Waals surface area contributed by atoms with Crippen LogP contribution in [-0.4, -0.2) is 16.0 Å². The number of fused-ring (bicyclic) bond motifs is 2. The highest BCUT2D eigenvalue weighted by atomic mass is 16.3. The lowest BCUT2D eigenvalue weighted by Crippen LogP contribution is -2.21. The fourth-order valence-corrected chi connectivity index (χ4v) is 2.90. The van der Waals surface area contributed by atoms with Crippen molar-refractivity contribution in [3.8, 4) is 5.75 Å². The highest BCUT2D eigenvalue weighted by Gasteiger charge is 2.14. The number of hydrogen-bond acceptors (Lipinski definition) is 3. The first-order chi connectivity index (χ1) is 12.1. The average molecular weight is 330 g/mol. The van der Waals surface area contributed by atoms with Crippen LogP contribution in [0.25, 0.3) is 21.7 Å². The number of hydrogen-bond donors (Lipinski definition) is 3. The van der Waals surface area contributed by atoms with Crippen molar-refractivity contribution in [3.05, 3.63) is 82.6 Å². The molecule has 25 heavy (non-hydrogen) atoms. The fourth-order valence-electron chi connectivity index (χ4n) is 2.90. The van der Waals surface area contributed by atoms with Crippen LogP contribution in [0.4, 0.5) is 5.69 Å². The summed E-state index contributed by atoms with van der Waals surface area (Å²) >= 11 is 0. The number of phenolic OH excluding ortho intramolecular Hbond substituents is 1. The van der Waals surface area contributed by atoms with E-state index in [-0.39, 0.29) is 16.7 Å². The van der Waals surface area contributed by atoms with Gasteiger partial charge in [-0.15, -0.1) is 0 Å². The van der Waals surface area contributed by atoms with Gasteiger partial charge in [0.1, 0.15) is 11.3 Å². The summed E-state index contributed by atoms with van der Waals surface area (Å²) in [6.45, 7) is 0. The second-order valence-electron chi connectivity index (χ2n) is 5.75. The summed E-state index contributed by atoms with van der Waals surface area (Å²) in [6.07, 6.45) is 1.40. The van der Waals surface area contributed by atoms with Crippen LogP contribution in [0.15, 0.2) is 71.7 Å². The van der Waals surface area contributed by atoms with Crippen molar-refractivity contribution in [1.29, 1.82) is 0 Å². The second-order valence-corrected chi connectivity index (χ2v) is 5.75. The van der Waals surface area contributed by atoms with Crippen molar-refractivity contribution in [3.63, 3.8) is 0 Å². The van der Waals surface area contributed by atoms with Gasteiger partial charge in [-0.1, -0.05) is 36.4 Å². The summed E-state index contributed by atoms with van der Waals surface area (Å²) in [5, 5.41) is 14.7. The number of amides is 1.